The standard InChI is InChI=1S/C55H36N6S/c1-3-15-35(16-4-1)52-59-53(36-17-5-2-6-18-36)61-54(60-52)38-26-28-43-41(32-38)40-31-37(39-33-48(46-21-11-13-29-56-46)58-49(34-39)47-22-12-14-30-57-47)25-27-42(40)55(43)44-19-7-9-23-50(44)62-51-24-10-8-20-45(51)55/h1-7,9,11-34H,8,10H2. The summed E-state index contributed by atoms with van der Waals surface area (Å²) in [5, 5.41) is 0. The third-order valence-corrected chi connectivity index (χ3v) is 13.3. The second-order valence-corrected chi connectivity index (χ2v) is 16.8. The molecule has 2 aliphatic carbocycles. The maximum Gasteiger partial charge on any atom is 0.164 e. The molecular formula is C55H36N6S. The van der Waals surface area contributed by atoms with Gasteiger partial charge in [-0.1, -0.05) is 139 Å². The zero-order chi connectivity index (χ0) is 41.0. The van der Waals surface area contributed by atoms with Gasteiger partial charge in [-0.05, 0) is 112 Å². The lowest BCUT2D eigenvalue weighted by atomic mass is 9.65. The highest BCUT2D eigenvalue weighted by atomic mass is 32.2. The van der Waals surface area contributed by atoms with Gasteiger partial charge >= 0.3 is 0 Å². The van der Waals surface area contributed by atoms with Crippen LogP contribution in [-0.4, -0.2) is 29.9 Å². The maximum absolute atomic E-state index is 5.16. The third kappa shape index (κ3) is 5.96. The lowest BCUT2D eigenvalue weighted by Gasteiger charge is -2.42. The predicted octanol–water partition coefficient (Wildman–Crippen LogP) is 13.1. The van der Waals surface area contributed by atoms with Crippen molar-refractivity contribution < 1.29 is 0 Å². The van der Waals surface area contributed by atoms with Crippen molar-refractivity contribution in [3.8, 4) is 79.2 Å². The normalized spacial score (nSPS) is 15.8. The first-order valence-electron chi connectivity index (χ1n) is 20.9. The second kappa shape index (κ2) is 14.8. The summed E-state index contributed by atoms with van der Waals surface area (Å²) in [6, 6.07) is 59.4. The van der Waals surface area contributed by atoms with E-state index in [1.54, 1.807) is 0 Å². The molecule has 0 N–H and O–H groups in total. The minimum atomic E-state index is -0.504. The van der Waals surface area contributed by atoms with Crippen molar-refractivity contribution in [2.24, 2.45) is 0 Å². The van der Waals surface area contributed by atoms with Crippen LogP contribution in [0.15, 0.2) is 210 Å². The van der Waals surface area contributed by atoms with E-state index < -0.39 is 5.41 Å². The van der Waals surface area contributed by atoms with E-state index >= 15 is 0 Å². The van der Waals surface area contributed by atoms with Crippen molar-refractivity contribution in [3.05, 3.63) is 222 Å². The van der Waals surface area contributed by atoms with Crippen LogP contribution >= 0.6 is 11.8 Å². The molecule has 12 rings (SSSR count). The number of nitrogens with zero attached hydrogens (tertiary/aromatic N) is 6. The van der Waals surface area contributed by atoms with Crippen LogP contribution in [0, 0.1) is 0 Å². The van der Waals surface area contributed by atoms with Crippen molar-refractivity contribution in [3.63, 3.8) is 0 Å². The molecule has 0 saturated carbocycles. The fraction of sp³-hybridized carbons (Fsp3) is 0.0545. The summed E-state index contributed by atoms with van der Waals surface area (Å²) in [5.41, 5.74) is 15.2. The van der Waals surface area contributed by atoms with E-state index in [4.69, 9.17) is 29.9 Å². The van der Waals surface area contributed by atoms with Gasteiger partial charge in [-0.2, -0.15) is 0 Å². The van der Waals surface area contributed by atoms with Crippen molar-refractivity contribution in [2.75, 3.05) is 0 Å². The summed E-state index contributed by atoms with van der Waals surface area (Å²) in [4.78, 5) is 32.4. The molecule has 0 bridgehead atoms. The molecule has 1 aliphatic heterocycles. The van der Waals surface area contributed by atoms with Gasteiger partial charge in [0.1, 0.15) is 0 Å². The molecule has 3 aliphatic rings. The van der Waals surface area contributed by atoms with Gasteiger partial charge < -0.3 is 0 Å². The monoisotopic (exact) mass is 812 g/mol. The summed E-state index contributed by atoms with van der Waals surface area (Å²) >= 11 is 1.90. The van der Waals surface area contributed by atoms with Crippen LogP contribution in [0.3, 0.4) is 0 Å². The summed E-state index contributed by atoms with van der Waals surface area (Å²) < 4.78 is 0. The molecular weight excluding hydrogens is 777 g/mol. The Bertz CT molecular complexity index is 2970. The Kier molecular flexibility index (Phi) is 8.68. The third-order valence-electron chi connectivity index (χ3n) is 12.1. The Labute approximate surface area is 363 Å². The van der Waals surface area contributed by atoms with Gasteiger partial charge in [0.2, 0.25) is 0 Å². The Morgan fingerprint density at radius 2 is 0.919 bits per heavy atom. The summed E-state index contributed by atoms with van der Waals surface area (Å²) in [7, 11) is 0. The first-order valence-corrected chi connectivity index (χ1v) is 21.7. The molecule has 0 amide bonds. The lowest BCUT2D eigenvalue weighted by Crippen LogP contribution is -2.33. The molecule has 292 valence electrons. The topological polar surface area (TPSA) is 77.3 Å². The number of hydrogen-bond acceptors (Lipinski definition) is 7. The molecule has 1 spiro atoms. The average molecular weight is 813 g/mol. The molecule has 6 nitrogen and oxygen atoms in total. The van der Waals surface area contributed by atoms with Gasteiger partial charge in [-0.15, -0.1) is 0 Å². The molecule has 1 atom stereocenters. The van der Waals surface area contributed by atoms with Gasteiger partial charge in [-0.3, -0.25) is 9.97 Å². The Morgan fingerprint density at radius 3 is 1.53 bits per heavy atom. The van der Waals surface area contributed by atoms with Crippen LogP contribution in [0.25, 0.3) is 79.2 Å². The van der Waals surface area contributed by atoms with Crippen molar-refractivity contribution in [1.29, 1.82) is 0 Å². The number of pyridine rings is 3. The largest absolute Gasteiger partial charge is 0.255 e. The number of benzene rings is 5. The Hall–Kier alpha value is -7.61. The minimum absolute atomic E-state index is 0.504. The van der Waals surface area contributed by atoms with Gasteiger partial charge in [0.05, 0.1) is 28.2 Å². The fourth-order valence-corrected chi connectivity index (χ4v) is 10.6. The highest BCUT2D eigenvalue weighted by Crippen LogP contribution is 2.64. The van der Waals surface area contributed by atoms with Gasteiger partial charge in [0.25, 0.3) is 0 Å². The van der Waals surface area contributed by atoms with E-state index in [1.165, 1.54) is 43.2 Å². The highest BCUT2D eigenvalue weighted by molar-refractivity contribution is 8.03. The molecule has 4 aromatic heterocycles. The number of rotatable bonds is 6. The zero-order valence-electron chi connectivity index (χ0n) is 33.5. The number of hydrogen-bond donors (Lipinski definition) is 0. The van der Waals surface area contributed by atoms with Crippen LogP contribution in [0.2, 0.25) is 0 Å². The number of fused-ring (bicyclic) bond motifs is 9. The molecule has 9 aromatic rings. The van der Waals surface area contributed by atoms with Crippen molar-refractivity contribution >= 4 is 11.8 Å². The van der Waals surface area contributed by atoms with Crippen molar-refractivity contribution in [1.82, 2.24) is 29.9 Å². The molecule has 0 saturated heterocycles. The summed E-state index contributed by atoms with van der Waals surface area (Å²) in [5.74, 6) is 1.91. The van der Waals surface area contributed by atoms with Crippen LogP contribution in [0.1, 0.15) is 29.5 Å². The van der Waals surface area contributed by atoms with Crippen LogP contribution in [0.4, 0.5) is 0 Å². The fourth-order valence-electron chi connectivity index (χ4n) is 9.37. The zero-order valence-corrected chi connectivity index (χ0v) is 34.3. The minimum Gasteiger partial charge on any atom is -0.255 e. The van der Waals surface area contributed by atoms with E-state index in [0.717, 1.165) is 63.4 Å². The highest BCUT2D eigenvalue weighted by Gasteiger charge is 2.52. The van der Waals surface area contributed by atoms with E-state index in [2.05, 4.69) is 109 Å². The Balaban J connectivity index is 1.11. The van der Waals surface area contributed by atoms with Crippen LogP contribution in [-0.2, 0) is 5.41 Å². The van der Waals surface area contributed by atoms with Crippen LogP contribution < -0.4 is 0 Å². The van der Waals surface area contributed by atoms with E-state index in [0.29, 0.717) is 17.5 Å². The van der Waals surface area contributed by atoms with Crippen LogP contribution in [0.5, 0.6) is 0 Å². The number of thioether (sulfide) groups is 1. The summed E-state index contributed by atoms with van der Waals surface area (Å²) in [6.07, 6.45) is 10.6. The van der Waals surface area contributed by atoms with Gasteiger partial charge in [0, 0.05) is 38.9 Å². The Morgan fingerprint density at radius 1 is 0.387 bits per heavy atom. The first kappa shape index (κ1) is 36.3. The maximum atomic E-state index is 5.16. The molecule has 1 unspecified atom stereocenters. The van der Waals surface area contributed by atoms with Gasteiger partial charge in [-0.25, -0.2) is 19.9 Å². The van der Waals surface area contributed by atoms with E-state index in [9.17, 15) is 0 Å². The molecule has 5 heterocycles. The molecule has 0 radical (unpaired) electrons. The molecule has 5 aromatic carbocycles. The number of aromatic nitrogens is 6. The quantitative estimate of drug-likeness (QED) is 0.165. The van der Waals surface area contributed by atoms with Gasteiger partial charge in [0.15, 0.2) is 17.5 Å². The van der Waals surface area contributed by atoms with E-state index in [1.807, 2.05) is 97.0 Å². The SMILES string of the molecule is C1=C2Sc3ccccc3C3(C2=CCC1)c1ccc(-c2cc(-c4ccccn4)nc(-c4ccccn4)c2)cc1-c1cc(-c2nc(-c4ccccc4)nc(-c4ccccc4)n2)ccc13. The lowest BCUT2D eigenvalue weighted by molar-refractivity contribution is 0.724. The molecule has 7 heteroatoms. The van der Waals surface area contributed by atoms with E-state index in [-0.39, 0.29) is 0 Å². The first-order chi connectivity index (χ1) is 30.7. The second-order valence-electron chi connectivity index (χ2n) is 15.7. The predicted molar refractivity (Wildman–Crippen MR) is 249 cm³/mol. The molecule has 62 heavy (non-hydrogen) atoms. The smallest absolute Gasteiger partial charge is 0.164 e. The molecule has 0 fully saturated rings. The number of allylic oxidation sites excluding steroid dienone is 3. The summed E-state index contributed by atoms with van der Waals surface area (Å²) in [6.45, 7) is 0. The van der Waals surface area contributed by atoms with Crippen molar-refractivity contribution in [2.45, 2.75) is 23.2 Å². The average Bonchev–Trinajstić information content (AvgIpc) is 3.64.